The second-order valence-electron chi connectivity index (χ2n) is 4.55. The van der Waals surface area contributed by atoms with E-state index in [4.69, 9.17) is 4.74 Å². The molecule has 0 aliphatic rings. The van der Waals surface area contributed by atoms with Crippen LogP contribution in [0.15, 0.2) is 43.0 Å². The van der Waals surface area contributed by atoms with Crippen LogP contribution < -0.4 is 4.74 Å². The molecule has 0 spiro atoms. The van der Waals surface area contributed by atoms with E-state index in [1.165, 1.54) is 12.8 Å². The lowest BCUT2D eigenvalue weighted by atomic mass is 10.1. The first-order chi connectivity index (χ1) is 9.19. The Morgan fingerprint density at radius 1 is 1.26 bits per heavy atom. The number of carbonyl (C=O) groups is 1. The van der Waals surface area contributed by atoms with E-state index < -0.39 is 0 Å². The maximum Gasteiger partial charge on any atom is 0.338 e. The van der Waals surface area contributed by atoms with Crippen LogP contribution >= 0.6 is 0 Å². The standard InChI is InChI=1S/C17H22O2/c1-4-6-7-8-11-14(3)17(18)19-16-13-10-9-12-15(16)5-2/h5,9-10,12-13H,2-4,6-8,11H2,1H3. The van der Waals surface area contributed by atoms with Crippen molar-refractivity contribution in [1.82, 2.24) is 0 Å². The van der Waals surface area contributed by atoms with Crippen molar-refractivity contribution in [3.8, 4) is 5.75 Å². The van der Waals surface area contributed by atoms with Crippen LogP contribution in [0.4, 0.5) is 0 Å². The van der Waals surface area contributed by atoms with Crippen LogP contribution in [0.25, 0.3) is 6.08 Å². The van der Waals surface area contributed by atoms with Gasteiger partial charge >= 0.3 is 5.97 Å². The maximum absolute atomic E-state index is 11.9. The number of ether oxygens (including phenoxy) is 1. The summed E-state index contributed by atoms with van der Waals surface area (Å²) in [5.74, 6) is 0.197. The Hall–Kier alpha value is -1.83. The van der Waals surface area contributed by atoms with Crippen LogP contribution in [0.2, 0.25) is 0 Å². The Labute approximate surface area is 115 Å². The Kier molecular flexibility index (Phi) is 6.65. The van der Waals surface area contributed by atoms with Crippen LogP contribution in [-0.2, 0) is 4.79 Å². The zero-order chi connectivity index (χ0) is 14.1. The fourth-order valence-corrected chi connectivity index (χ4v) is 1.78. The average Bonchev–Trinajstić information content (AvgIpc) is 2.44. The predicted molar refractivity (Wildman–Crippen MR) is 80.1 cm³/mol. The molecule has 2 nitrogen and oxygen atoms in total. The molecule has 0 aliphatic carbocycles. The number of carbonyl (C=O) groups excluding carboxylic acids is 1. The van der Waals surface area contributed by atoms with Gasteiger partial charge in [-0.2, -0.15) is 0 Å². The van der Waals surface area contributed by atoms with Gasteiger partial charge in [-0.05, 0) is 18.9 Å². The topological polar surface area (TPSA) is 26.3 Å². The summed E-state index contributed by atoms with van der Waals surface area (Å²) < 4.78 is 5.35. The van der Waals surface area contributed by atoms with Gasteiger partial charge in [0.2, 0.25) is 0 Å². The lowest BCUT2D eigenvalue weighted by molar-refractivity contribution is -0.130. The second kappa shape index (κ2) is 8.30. The summed E-state index contributed by atoms with van der Waals surface area (Å²) in [6.45, 7) is 9.67. The molecule has 0 bridgehead atoms. The molecule has 2 heteroatoms. The van der Waals surface area contributed by atoms with E-state index >= 15 is 0 Å². The third-order valence-electron chi connectivity index (χ3n) is 2.96. The van der Waals surface area contributed by atoms with Crippen molar-refractivity contribution in [3.05, 3.63) is 48.6 Å². The first-order valence-corrected chi connectivity index (χ1v) is 6.80. The molecule has 0 saturated carbocycles. The second-order valence-corrected chi connectivity index (χ2v) is 4.55. The molecule has 1 rings (SSSR count). The molecule has 0 amide bonds. The molecule has 1 aromatic carbocycles. The summed E-state index contributed by atoms with van der Waals surface area (Å²) in [6.07, 6.45) is 6.88. The molecule has 0 radical (unpaired) electrons. The van der Waals surface area contributed by atoms with E-state index in [2.05, 4.69) is 20.1 Å². The maximum atomic E-state index is 11.9. The van der Waals surface area contributed by atoms with Crippen molar-refractivity contribution in [3.63, 3.8) is 0 Å². The van der Waals surface area contributed by atoms with E-state index in [1.54, 1.807) is 12.1 Å². The molecule has 0 saturated heterocycles. The summed E-state index contributed by atoms with van der Waals surface area (Å²) in [4.78, 5) is 11.9. The van der Waals surface area contributed by atoms with Crippen molar-refractivity contribution in [2.75, 3.05) is 0 Å². The first kappa shape index (κ1) is 15.2. The number of para-hydroxylation sites is 1. The summed E-state index contributed by atoms with van der Waals surface area (Å²) in [5, 5.41) is 0. The minimum atomic E-state index is -0.342. The highest BCUT2D eigenvalue weighted by Crippen LogP contribution is 2.20. The van der Waals surface area contributed by atoms with Crippen molar-refractivity contribution in [2.24, 2.45) is 0 Å². The van der Waals surface area contributed by atoms with Gasteiger partial charge in [-0.3, -0.25) is 0 Å². The summed E-state index contributed by atoms with van der Waals surface area (Å²) >= 11 is 0. The summed E-state index contributed by atoms with van der Waals surface area (Å²) in [7, 11) is 0. The van der Waals surface area contributed by atoms with E-state index in [1.807, 2.05) is 18.2 Å². The molecule has 0 atom stereocenters. The zero-order valence-corrected chi connectivity index (χ0v) is 11.7. The largest absolute Gasteiger partial charge is 0.423 e. The quantitative estimate of drug-likeness (QED) is 0.291. The van der Waals surface area contributed by atoms with Crippen LogP contribution in [0, 0.1) is 0 Å². The number of benzene rings is 1. The Balaban J connectivity index is 2.49. The van der Waals surface area contributed by atoms with Crippen molar-refractivity contribution < 1.29 is 9.53 Å². The molecule has 0 heterocycles. The number of esters is 1. The number of unbranched alkanes of at least 4 members (excludes halogenated alkanes) is 3. The fraction of sp³-hybridized carbons (Fsp3) is 0.353. The predicted octanol–water partition coefficient (Wildman–Crippen LogP) is 4.76. The highest BCUT2D eigenvalue weighted by atomic mass is 16.5. The van der Waals surface area contributed by atoms with E-state index in [-0.39, 0.29) is 5.97 Å². The van der Waals surface area contributed by atoms with Gasteiger partial charge in [0.25, 0.3) is 0 Å². The highest BCUT2D eigenvalue weighted by Gasteiger charge is 2.11. The Morgan fingerprint density at radius 3 is 2.68 bits per heavy atom. The molecular formula is C17H22O2. The Morgan fingerprint density at radius 2 is 2.00 bits per heavy atom. The summed E-state index contributed by atoms with van der Waals surface area (Å²) in [6, 6.07) is 7.34. The monoisotopic (exact) mass is 258 g/mol. The average molecular weight is 258 g/mol. The van der Waals surface area contributed by atoms with Gasteiger partial charge in [0, 0.05) is 11.1 Å². The van der Waals surface area contributed by atoms with Gasteiger partial charge in [-0.15, -0.1) is 0 Å². The van der Waals surface area contributed by atoms with Gasteiger partial charge in [0.05, 0.1) is 0 Å². The smallest absolute Gasteiger partial charge is 0.338 e. The normalized spacial score (nSPS) is 9.95. The van der Waals surface area contributed by atoms with Crippen LogP contribution in [0.5, 0.6) is 5.75 Å². The number of hydrogen-bond donors (Lipinski definition) is 0. The minimum Gasteiger partial charge on any atom is -0.423 e. The van der Waals surface area contributed by atoms with E-state index in [9.17, 15) is 4.79 Å². The molecule has 0 aromatic heterocycles. The van der Waals surface area contributed by atoms with Crippen molar-refractivity contribution >= 4 is 12.0 Å². The van der Waals surface area contributed by atoms with E-state index in [0.29, 0.717) is 17.7 Å². The van der Waals surface area contributed by atoms with Gasteiger partial charge in [0.1, 0.15) is 5.75 Å². The third-order valence-corrected chi connectivity index (χ3v) is 2.96. The highest BCUT2D eigenvalue weighted by molar-refractivity contribution is 5.89. The third kappa shape index (κ3) is 5.12. The molecule has 0 fully saturated rings. The molecule has 0 N–H and O–H groups in total. The molecule has 0 aliphatic heterocycles. The van der Waals surface area contributed by atoms with Crippen LogP contribution in [-0.4, -0.2) is 5.97 Å². The van der Waals surface area contributed by atoms with Gasteiger partial charge in [0.15, 0.2) is 0 Å². The minimum absolute atomic E-state index is 0.342. The van der Waals surface area contributed by atoms with Crippen LogP contribution in [0.3, 0.4) is 0 Å². The molecule has 0 unspecified atom stereocenters. The summed E-state index contributed by atoms with van der Waals surface area (Å²) in [5.41, 5.74) is 1.35. The molecular weight excluding hydrogens is 236 g/mol. The van der Waals surface area contributed by atoms with Crippen molar-refractivity contribution in [1.29, 1.82) is 0 Å². The lowest BCUT2D eigenvalue weighted by Gasteiger charge is -2.08. The fourth-order valence-electron chi connectivity index (χ4n) is 1.78. The zero-order valence-electron chi connectivity index (χ0n) is 11.7. The van der Waals surface area contributed by atoms with Gasteiger partial charge < -0.3 is 4.74 Å². The van der Waals surface area contributed by atoms with Crippen molar-refractivity contribution in [2.45, 2.75) is 39.0 Å². The van der Waals surface area contributed by atoms with Crippen LogP contribution in [0.1, 0.15) is 44.6 Å². The number of rotatable bonds is 8. The molecule has 1 aromatic rings. The van der Waals surface area contributed by atoms with E-state index in [0.717, 1.165) is 18.4 Å². The Bertz CT molecular complexity index is 446. The SMILES string of the molecule is C=Cc1ccccc1OC(=O)C(=C)CCCCCC. The number of hydrogen-bond acceptors (Lipinski definition) is 2. The lowest BCUT2D eigenvalue weighted by Crippen LogP contribution is -2.11. The van der Waals surface area contributed by atoms with Gasteiger partial charge in [-0.1, -0.05) is 63.6 Å². The first-order valence-electron chi connectivity index (χ1n) is 6.80. The molecule has 19 heavy (non-hydrogen) atoms. The van der Waals surface area contributed by atoms with Gasteiger partial charge in [-0.25, -0.2) is 4.79 Å². The molecule has 102 valence electrons.